The van der Waals surface area contributed by atoms with Crippen LogP contribution in [-0.4, -0.2) is 12.2 Å². The van der Waals surface area contributed by atoms with E-state index in [1.165, 1.54) is 0 Å². The highest BCUT2D eigenvalue weighted by atomic mass is 17.2. The van der Waals surface area contributed by atoms with E-state index in [-0.39, 0.29) is 5.60 Å². The van der Waals surface area contributed by atoms with Crippen LogP contribution in [0, 0.1) is 0 Å². The summed E-state index contributed by atoms with van der Waals surface area (Å²) in [4.78, 5) is 10.0. The zero-order valence-corrected chi connectivity index (χ0v) is 7.72. The molecule has 0 heterocycles. The van der Waals surface area contributed by atoms with Gasteiger partial charge in [-0.2, -0.15) is 0 Å². The first-order chi connectivity index (χ1) is 5.12. The van der Waals surface area contributed by atoms with Crippen LogP contribution in [0.4, 0.5) is 0 Å². The molecule has 0 rings (SSSR count). The van der Waals surface area contributed by atoms with E-state index in [4.69, 9.17) is 9.78 Å². The van der Waals surface area contributed by atoms with Gasteiger partial charge in [-0.1, -0.05) is 19.4 Å². The maximum atomic E-state index is 5.14. The van der Waals surface area contributed by atoms with E-state index in [1.807, 2.05) is 13.8 Å². The fourth-order valence-electron chi connectivity index (χ4n) is 0.885. The van der Waals surface area contributed by atoms with Gasteiger partial charge >= 0.3 is 0 Å². The quantitative estimate of drug-likeness (QED) is 0.256. The van der Waals surface area contributed by atoms with E-state index in [9.17, 15) is 0 Å². The zero-order chi connectivity index (χ0) is 8.74. The van der Waals surface area contributed by atoms with Gasteiger partial charge in [0.05, 0.1) is 5.60 Å². The summed E-state index contributed by atoms with van der Waals surface area (Å²) in [6, 6.07) is 0. The van der Waals surface area contributed by atoms with Crippen LogP contribution in [0.25, 0.3) is 0 Å². The molecule has 0 N–H and O–H groups in total. The molecule has 0 unspecified atom stereocenters. The largest absolute Gasteiger partial charge is 0.232 e. The van der Waals surface area contributed by atoms with E-state index in [1.54, 1.807) is 6.08 Å². The van der Waals surface area contributed by atoms with Gasteiger partial charge < -0.3 is 0 Å². The second-order valence-electron chi connectivity index (χ2n) is 3.17. The van der Waals surface area contributed by atoms with Crippen molar-refractivity contribution in [1.82, 2.24) is 0 Å². The molecular formula is C9H18O2. The molecule has 0 aliphatic heterocycles. The first-order valence-electron chi connectivity index (χ1n) is 4.04. The summed E-state index contributed by atoms with van der Waals surface area (Å²) in [7, 11) is 0. The Morgan fingerprint density at radius 1 is 1.45 bits per heavy atom. The highest BCUT2D eigenvalue weighted by Gasteiger charge is 2.17. The lowest BCUT2D eigenvalue weighted by Gasteiger charge is -2.22. The summed E-state index contributed by atoms with van der Waals surface area (Å²) in [5, 5.41) is 0. The van der Waals surface area contributed by atoms with Crippen molar-refractivity contribution in [2.45, 2.75) is 39.2 Å². The molecule has 0 saturated carbocycles. The number of rotatable bonds is 6. The van der Waals surface area contributed by atoms with Gasteiger partial charge in [0.1, 0.15) is 6.61 Å². The van der Waals surface area contributed by atoms with Crippen molar-refractivity contribution in [2.75, 3.05) is 6.61 Å². The Kier molecular flexibility index (Phi) is 5.16. The maximum absolute atomic E-state index is 5.14. The summed E-state index contributed by atoms with van der Waals surface area (Å²) in [5.74, 6) is 0. The topological polar surface area (TPSA) is 18.5 Å². The van der Waals surface area contributed by atoms with Gasteiger partial charge in [-0.25, -0.2) is 9.78 Å². The van der Waals surface area contributed by atoms with E-state index in [0.29, 0.717) is 6.61 Å². The SMILES string of the molecule is C=CCOOC(C)(C)CCC. The monoisotopic (exact) mass is 158 g/mol. The molecule has 0 aromatic rings. The van der Waals surface area contributed by atoms with Crippen molar-refractivity contribution in [3.05, 3.63) is 12.7 Å². The fraction of sp³-hybridized carbons (Fsp3) is 0.778. The zero-order valence-electron chi connectivity index (χ0n) is 7.72. The van der Waals surface area contributed by atoms with Crippen LogP contribution >= 0.6 is 0 Å². The first kappa shape index (κ1) is 10.7. The van der Waals surface area contributed by atoms with Crippen LogP contribution < -0.4 is 0 Å². The Morgan fingerprint density at radius 3 is 2.55 bits per heavy atom. The molecule has 66 valence electrons. The molecule has 2 nitrogen and oxygen atoms in total. The average Bonchev–Trinajstić information content (AvgIpc) is 1.87. The third-order valence-corrected chi connectivity index (χ3v) is 1.32. The van der Waals surface area contributed by atoms with Gasteiger partial charge in [-0.3, -0.25) is 0 Å². The molecule has 0 saturated heterocycles. The van der Waals surface area contributed by atoms with Crippen molar-refractivity contribution >= 4 is 0 Å². The van der Waals surface area contributed by atoms with Crippen LogP contribution in [0.5, 0.6) is 0 Å². The Hall–Kier alpha value is -0.340. The normalized spacial score (nSPS) is 11.5. The van der Waals surface area contributed by atoms with Crippen LogP contribution in [0.1, 0.15) is 33.6 Å². The van der Waals surface area contributed by atoms with Crippen LogP contribution in [0.2, 0.25) is 0 Å². The van der Waals surface area contributed by atoms with Gasteiger partial charge in [0.2, 0.25) is 0 Å². The third-order valence-electron chi connectivity index (χ3n) is 1.32. The molecule has 0 radical (unpaired) electrons. The number of hydrogen-bond acceptors (Lipinski definition) is 2. The lowest BCUT2D eigenvalue weighted by Crippen LogP contribution is -2.24. The fourth-order valence-corrected chi connectivity index (χ4v) is 0.885. The molecule has 0 aromatic carbocycles. The summed E-state index contributed by atoms with van der Waals surface area (Å²) >= 11 is 0. The highest BCUT2D eigenvalue weighted by Crippen LogP contribution is 2.16. The Bertz CT molecular complexity index is 108. The van der Waals surface area contributed by atoms with Gasteiger partial charge in [0.25, 0.3) is 0 Å². The Morgan fingerprint density at radius 2 is 2.09 bits per heavy atom. The molecule has 11 heavy (non-hydrogen) atoms. The molecule has 0 atom stereocenters. The van der Waals surface area contributed by atoms with E-state index in [0.717, 1.165) is 12.8 Å². The van der Waals surface area contributed by atoms with Gasteiger partial charge in [0, 0.05) is 0 Å². The van der Waals surface area contributed by atoms with Crippen molar-refractivity contribution in [2.24, 2.45) is 0 Å². The van der Waals surface area contributed by atoms with Crippen molar-refractivity contribution in [3.63, 3.8) is 0 Å². The summed E-state index contributed by atoms with van der Waals surface area (Å²) in [6.45, 7) is 10.1. The molecule has 0 aliphatic rings. The standard InChI is InChI=1S/C9H18O2/c1-5-7-9(3,4)11-10-8-6-2/h6H,2,5,7-8H2,1,3-4H3. The van der Waals surface area contributed by atoms with Crippen LogP contribution in [0.15, 0.2) is 12.7 Å². The van der Waals surface area contributed by atoms with Crippen LogP contribution in [0.3, 0.4) is 0 Å². The summed E-state index contributed by atoms with van der Waals surface area (Å²) in [6.07, 6.45) is 3.77. The average molecular weight is 158 g/mol. The van der Waals surface area contributed by atoms with Gasteiger partial charge in [-0.15, -0.1) is 6.58 Å². The first-order valence-corrected chi connectivity index (χ1v) is 4.04. The van der Waals surface area contributed by atoms with Crippen molar-refractivity contribution in [1.29, 1.82) is 0 Å². The molecule has 0 aromatic heterocycles. The smallest absolute Gasteiger partial charge is 0.100 e. The molecule has 0 spiro atoms. The van der Waals surface area contributed by atoms with Gasteiger partial charge in [-0.05, 0) is 20.3 Å². The lowest BCUT2D eigenvalue weighted by molar-refractivity contribution is -0.347. The van der Waals surface area contributed by atoms with Crippen molar-refractivity contribution < 1.29 is 9.78 Å². The minimum atomic E-state index is -0.169. The molecule has 0 aliphatic carbocycles. The minimum absolute atomic E-state index is 0.169. The Balaban J connectivity index is 3.45. The number of hydrogen-bond donors (Lipinski definition) is 0. The Labute approximate surface area is 69.1 Å². The highest BCUT2D eigenvalue weighted by molar-refractivity contribution is 4.66. The van der Waals surface area contributed by atoms with Crippen LogP contribution in [-0.2, 0) is 9.78 Å². The molecule has 0 fully saturated rings. The van der Waals surface area contributed by atoms with E-state index >= 15 is 0 Å². The lowest BCUT2D eigenvalue weighted by atomic mass is 10.0. The summed E-state index contributed by atoms with van der Waals surface area (Å²) in [5.41, 5.74) is -0.169. The second-order valence-corrected chi connectivity index (χ2v) is 3.17. The summed E-state index contributed by atoms with van der Waals surface area (Å²) < 4.78 is 0. The molecule has 0 bridgehead atoms. The molecular weight excluding hydrogens is 140 g/mol. The maximum Gasteiger partial charge on any atom is 0.100 e. The van der Waals surface area contributed by atoms with E-state index < -0.39 is 0 Å². The minimum Gasteiger partial charge on any atom is -0.232 e. The third kappa shape index (κ3) is 6.07. The predicted molar refractivity (Wildman–Crippen MR) is 46.2 cm³/mol. The predicted octanol–water partition coefficient (Wildman–Crippen LogP) is 2.70. The van der Waals surface area contributed by atoms with Gasteiger partial charge in [0.15, 0.2) is 0 Å². The molecule has 2 heteroatoms. The van der Waals surface area contributed by atoms with Crippen molar-refractivity contribution in [3.8, 4) is 0 Å². The van der Waals surface area contributed by atoms with E-state index in [2.05, 4.69) is 13.5 Å². The second kappa shape index (κ2) is 5.33. The molecule has 0 amide bonds.